The summed E-state index contributed by atoms with van der Waals surface area (Å²) in [5.41, 5.74) is 0. The first-order chi connectivity index (χ1) is 9.71. The first-order valence-electron chi connectivity index (χ1n) is 7.38. The van der Waals surface area contributed by atoms with Gasteiger partial charge in [0.1, 0.15) is 0 Å². The Morgan fingerprint density at radius 2 is 2.10 bits per heavy atom. The summed E-state index contributed by atoms with van der Waals surface area (Å²) >= 11 is 0. The van der Waals surface area contributed by atoms with E-state index in [1.807, 2.05) is 0 Å². The molecule has 1 aliphatic heterocycles. The van der Waals surface area contributed by atoms with Crippen molar-refractivity contribution in [1.29, 1.82) is 0 Å². The van der Waals surface area contributed by atoms with Gasteiger partial charge in [0.15, 0.2) is 15.8 Å². The predicted molar refractivity (Wildman–Crippen MR) is 86.5 cm³/mol. The average Bonchev–Trinajstić information content (AvgIpc) is 2.82. The topological polar surface area (TPSA) is 71.0 Å². The van der Waals surface area contributed by atoms with E-state index in [-0.39, 0.29) is 5.75 Å². The zero-order valence-corrected chi connectivity index (χ0v) is 14.7. The summed E-state index contributed by atoms with van der Waals surface area (Å²) in [4.78, 5) is 6.40. The molecule has 21 heavy (non-hydrogen) atoms. The number of sulfone groups is 1. The van der Waals surface area contributed by atoms with Crippen LogP contribution in [-0.2, 0) is 14.6 Å². The lowest BCUT2D eigenvalue weighted by atomic mass is 10.1. The summed E-state index contributed by atoms with van der Waals surface area (Å²) < 4.78 is 28.6. The van der Waals surface area contributed by atoms with Gasteiger partial charge in [-0.05, 0) is 27.2 Å². The smallest absolute Gasteiger partial charge is 0.193 e. The second-order valence-electron chi connectivity index (χ2n) is 6.46. The molecule has 1 fully saturated rings. The number of hydrogen-bond donors (Lipinski definition) is 1. The standard InChI is InChI=1S/C14H29N3O3S/c1-14(2,3)21(18,19)9-7-16-13(15-4)17-8-6-12(10-17)11-20-5/h12H,6-11H2,1-5H3,(H,15,16). The van der Waals surface area contributed by atoms with Gasteiger partial charge < -0.3 is 15.0 Å². The van der Waals surface area contributed by atoms with Crippen LogP contribution in [0.2, 0.25) is 0 Å². The lowest BCUT2D eigenvalue weighted by Gasteiger charge is -2.23. The van der Waals surface area contributed by atoms with Crippen molar-refractivity contribution < 1.29 is 13.2 Å². The van der Waals surface area contributed by atoms with Gasteiger partial charge >= 0.3 is 0 Å². The minimum absolute atomic E-state index is 0.116. The summed E-state index contributed by atoms with van der Waals surface area (Å²) in [5, 5.41) is 3.16. The number of methoxy groups -OCH3 is 1. The number of nitrogens with zero attached hydrogens (tertiary/aromatic N) is 2. The highest BCUT2D eigenvalue weighted by Gasteiger charge is 2.29. The van der Waals surface area contributed by atoms with Crippen LogP contribution in [0.1, 0.15) is 27.2 Å². The van der Waals surface area contributed by atoms with Crippen LogP contribution < -0.4 is 5.32 Å². The molecule has 1 saturated heterocycles. The number of aliphatic imine (C=N–C) groups is 1. The molecule has 124 valence electrons. The van der Waals surface area contributed by atoms with E-state index >= 15 is 0 Å². The van der Waals surface area contributed by atoms with Gasteiger partial charge in [-0.25, -0.2) is 8.42 Å². The molecule has 0 saturated carbocycles. The molecule has 0 aromatic rings. The maximum Gasteiger partial charge on any atom is 0.193 e. The second-order valence-corrected chi connectivity index (χ2v) is 9.32. The Bertz CT molecular complexity index is 455. The maximum absolute atomic E-state index is 12.1. The van der Waals surface area contributed by atoms with Crippen LogP contribution in [0.4, 0.5) is 0 Å². The molecular weight excluding hydrogens is 290 g/mol. The summed E-state index contributed by atoms with van der Waals surface area (Å²) in [5.74, 6) is 1.41. The molecule has 1 rings (SSSR count). The Morgan fingerprint density at radius 3 is 2.62 bits per heavy atom. The molecule has 1 N–H and O–H groups in total. The van der Waals surface area contributed by atoms with Gasteiger partial charge in [0, 0.05) is 39.7 Å². The molecule has 0 radical (unpaired) electrons. The highest BCUT2D eigenvalue weighted by molar-refractivity contribution is 7.92. The fourth-order valence-electron chi connectivity index (χ4n) is 2.33. The van der Waals surface area contributed by atoms with E-state index in [1.54, 1.807) is 34.9 Å². The quantitative estimate of drug-likeness (QED) is 0.598. The van der Waals surface area contributed by atoms with Crippen LogP contribution >= 0.6 is 0 Å². The molecule has 0 aliphatic carbocycles. The first-order valence-corrected chi connectivity index (χ1v) is 9.03. The largest absolute Gasteiger partial charge is 0.384 e. The Morgan fingerprint density at radius 1 is 1.43 bits per heavy atom. The summed E-state index contributed by atoms with van der Waals surface area (Å²) in [6, 6.07) is 0. The van der Waals surface area contributed by atoms with Crippen molar-refractivity contribution in [2.75, 3.05) is 46.2 Å². The Kier molecular flexibility index (Phi) is 6.46. The molecule has 7 heteroatoms. The van der Waals surface area contributed by atoms with Crippen molar-refractivity contribution in [1.82, 2.24) is 10.2 Å². The van der Waals surface area contributed by atoms with Crippen molar-refractivity contribution in [3.05, 3.63) is 0 Å². The zero-order valence-electron chi connectivity index (χ0n) is 13.8. The molecule has 1 unspecified atom stereocenters. The molecular formula is C14H29N3O3S. The van der Waals surface area contributed by atoms with E-state index in [4.69, 9.17) is 4.74 Å². The van der Waals surface area contributed by atoms with E-state index in [1.165, 1.54) is 0 Å². The number of rotatable bonds is 5. The van der Waals surface area contributed by atoms with Crippen LogP contribution in [0.25, 0.3) is 0 Å². The molecule has 0 bridgehead atoms. The molecule has 0 amide bonds. The number of guanidine groups is 1. The van der Waals surface area contributed by atoms with E-state index in [2.05, 4.69) is 15.2 Å². The number of ether oxygens (including phenoxy) is 1. The van der Waals surface area contributed by atoms with Crippen molar-refractivity contribution in [2.24, 2.45) is 10.9 Å². The fourth-order valence-corrected chi connectivity index (χ4v) is 3.32. The predicted octanol–water partition coefficient (Wildman–Crippen LogP) is 0.743. The zero-order chi connectivity index (χ0) is 16.1. The van der Waals surface area contributed by atoms with E-state index in [9.17, 15) is 8.42 Å². The Hall–Kier alpha value is -0.820. The Labute approximate surface area is 128 Å². The molecule has 1 aliphatic rings. The minimum atomic E-state index is -3.10. The molecule has 6 nitrogen and oxygen atoms in total. The van der Waals surface area contributed by atoms with Gasteiger partial charge in [0.05, 0.1) is 17.1 Å². The van der Waals surface area contributed by atoms with E-state index < -0.39 is 14.6 Å². The molecule has 1 heterocycles. The number of hydrogen-bond acceptors (Lipinski definition) is 4. The number of likely N-dealkylation sites (tertiary alicyclic amines) is 1. The van der Waals surface area contributed by atoms with Gasteiger partial charge in [-0.3, -0.25) is 4.99 Å². The summed E-state index contributed by atoms with van der Waals surface area (Å²) in [6.45, 7) is 8.16. The third-order valence-electron chi connectivity index (χ3n) is 3.79. The van der Waals surface area contributed by atoms with Crippen molar-refractivity contribution >= 4 is 15.8 Å². The van der Waals surface area contributed by atoms with Crippen molar-refractivity contribution in [2.45, 2.75) is 31.9 Å². The summed E-state index contributed by atoms with van der Waals surface area (Å²) in [6.07, 6.45) is 1.08. The Balaban J connectivity index is 2.47. The number of nitrogens with one attached hydrogen (secondary N) is 1. The van der Waals surface area contributed by atoms with Gasteiger partial charge in [0.25, 0.3) is 0 Å². The highest BCUT2D eigenvalue weighted by atomic mass is 32.2. The lowest BCUT2D eigenvalue weighted by Crippen LogP contribution is -2.43. The summed E-state index contributed by atoms with van der Waals surface area (Å²) in [7, 11) is 0.341. The van der Waals surface area contributed by atoms with Crippen LogP contribution in [0, 0.1) is 5.92 Å². The van der Waals surface area contributed by atoms with Gasteiger partial charge in [-0.15, -0.1) is 0 Å². The van der Waals surface area contributed by atoms with Gasteiger partial charge in [0.2, 0.25) is 0 Å². The van der Waals surface area contributed by atoms with Gasteiger partial charge in [-0.1, -0.05) is 0 Å². The SMILES string of the molecule is CN=C(NCCS(=O)(=O)C(C)(C)C)N1CCC(COC)C1. The third-order valence-corrected chi connectivity index (χ3v) is 6.39. The van der Waals surface area contributed by atoms with Crippen LogP contribution in [0.3, 0.4) is 0 Å². The van der Waals surface area contributed by atoms with Crippen LogP contribution in [-0.4, -0.2) is 70.2 Å². The lowest BCUT2D eigenvalue weighted by molar-refractivity contribution is 0.157. The van der Waals surface area contributed by atoms with E-state index in [0.717, 1.165) is 32.1 Å². The fraction of sp³-hybridized carbons (Fsp3) is 0.929. The highest BCUT2D eigenvalue weighted by Crippen LogP contribution is 2.17. The van der Waals surface area contributed by atoms with E-state index in [0.29, 0.717) is 12.5 Å². The molecule has 0 aromatic heterocycles. The maximum atomic E-state index is 12.1. The minimum Gasteiger partial charge on any atom is -0.384 e. The molecule has 0 spiro atoms. The van der Waals surface area contributed by atoms with Crippen molar-refractivity contribution in [3.63, 3.8) is 0 Å². The van der Waals surface area contributed by atoms with Crippen molar-refractivity contribution in [3.8, 4) is 0 Å². The normalized spacial score (nSPS) is 20.9. The van der Waals surface area contributed by atoms with Crippen LogP contribution in [0.5, 0.6) is 0 Å². The average molecular weight is 319 g/mol. The second kappa shape index (κ2) is 7.45. The molecule has 0 aromatic carbocycles. The first kappa shape index (κ1) is 18.2. The monoisotopic (exact) mass is 319 g/mol. The van der Waals surface area contributed by atoms with Gasteiger partial charge in [-0.2, -0.15) is 0 Å². The third kappa shape index (κ3) is 5.14. The van der Waals surface area contributed by atoms with Crippen LogP contribution in [0.15, 0.2) is 4.99 Å². The molecule has 1 atom stereocenters.